The van der Waals surface area contributed by atoms with Crippen molar-refractivity contribution in [3.05, 3.63) is 35.9 Å². The summed E-state index contributed by atoms with van der Waals surface area (Å²) in [7, 11) is 0. The van der Waals surface area contributed by atoms with E-state index in [0.717, 1.165) is 19.3 Å². The first-order chi connectivity index (χ1) is 9.05. The first-order valence-electron chi connectivity index (χ1n) is 6.54. The minimum Gasteiger partial charge on any atom is -0.549 e. The van der Waals surface area contributed by atoms with Crippen LogP contribution in [0, 0.1) is 0 Å². The second-order valence-corrected chi connectivity index (χ2v) is 4.66. The Bertz CT molecular complexity index is 421. The number of carboxylic acid groups (broad SMARTS) is 2. The predicted octanol–water partition coefficient (Wildman–Crippen LogP) is -5.60. The largest absolute Gasteiger partial charge is 1.00 e. The van der Waals surface area contributed by atoms with Gasteiger partial charge in [0, 0.05) is 0 Å². The summed E-state index contributed by atoms with van der Waals surface area (Å²) in [6, 6.07) is 7.91. The van der Waals surface area contributed by atoms with Crippen LogP contribution in [-0.4, -0.2) is 11.9 Å². The molecule has 0 bridgehead atoms. The molecule has 0 atom stereocenters. The fourth-order valence-corrected chi connectivity index (χ4v) is 2.21. The Labute approximate surface area is 169 Å². The standard InChI is InChI=1S/C15H20O4.2Na/c1-2-3-4-8-11-15(13(16)17,14(18)19)12-9-6-5-7-10-12;;/h5-7,9-10H,2-4,8,11H2,1H3,(H,16,17)(H,18,19);;/q;2*+1/p-2. The SMILES string of the molecule is CCCCCCC(C(=O)[O-])(C(=O)[O-])c1ccccc1.[Na+].[Na+]. The summed E-state index contributed by atoms with van der Waals surface area (Å²) >= 11 is 0. The summed E-state index contributed by atoms with van der Waals surface area (Å²) < 4.78 is 0. The normalized spacial score (nSPS) is 10.1. The van der Waals surface area contributed by atoms with E-state index < -0.39 is 17.4 Å². The topological polar surface area (TPSA) is 80.3 Å². The predicted molar refractivity (Wildman–Crippen MR) is 66.9 cm³/mol. The first-order valence-corrected chi connectivity index (χ1v) is 6.54. The van der Waals surface area contributed by atoms with Gasteiger partial charge in [-0.1, -0.05) is 62.9 Å². The average molecular weight is 308 g/mol. The fourth-order valence-electron chi connectivity index (χ4n) is 2.21. The van der Waals surface area contributed by atoms with Gasteiger partial charge >= 0.3 is 59.1 Å². The molecule has 0 unspecified atom stereocenters. The number of hydrogen-bond donors (Lipinski definition) is 0. The number of carbonyl (C=O) groups excluding carboxylic acids is 2. The molecule has 0 aliphatic rings. The van der Waals surface area contributed by atoms with E-state index in [0.29, 0.717) is 6.42 Å². The number of aliphatic carboxylic acids is 2. The van der Waals surface area contributed by atoms with Crippen molar-refractivity contribution in [3.63, 3.8) is 0 Å². The van der Waals surface area contributed by atoms with E-state index in [9.17, 15) is 19.8 Å². The van der Waals surface area contributed by atoms with Gasteiger partial charge in [-0.3, -0.25) is 0 Å². The monoisotopic (exact) mass is 308 g/mol. The molecule has 0 aliphatic carbocycles. The molecular formula is C15H18Na2O4. The third-order valence-electron chi connectivity index (χ3n) is 3.37. The van der Waals surface area contributed by atoms with Gasteiger partial charge in [-0.15, -0.1) is 0 Å². The smallest absolute Gasteiger partial charge is 0.549 e. The zero-order valence-corrected chi connectivity index (χ0v) is 17.1. The van der Waals surface area contributed by atoms with Crippen molar-refractivity contribution >= 4 is 11.9 Å². The Morgan fingerprint density at radius 1 is 0.952 bits per heavy atom. The summed E-state index contributed by atoms with van der Waals surface area (Å²) in [5.74, 6) is -3.20. The maximum absolute atomic E-state index is 11.4. The second-order valence-electron chi connectivity index (χ2n) is 4.66. The Morgan fingerprint density at radius 2 is 1.48 bits per heavy atom. The van der Waals surface area contributed by atoms with Crippen LogP contribution in [0.5, 0.6) is 0 Å². The van der Waals surface area contributed by atoms with E-state index >= 15 is 0 Å². The van der Waals surface area contributed by atoms with Crippen LogP contribution in [0.15, 0.2) is 30.3 Å². The quantitative estimate of drug-likeness (QED) is 0.272. The van der Waals surface area contributed by atoms with Crippen LogP contribution in [-0.2, 0) is 15.0 Å². The molecule has 4 nitrogen and oxygen atoms in total. The zero-order valence-electron chi connectivity index (χ0n) is 13.1. The molecule has 104 valence electrons. The van der Waals surface area contributed by atoms with Crippen LogP contribution in [0.4, 0.5) is 0 Å². The third kappa shape index (κ3) is 6.05. The molecule has 0 heterocycles. The molecule has 0 aromatic heterocycles. The Hall–Kier alpha value is 0.160. The first kappa shape index (κ1) is 23.4. The number of benzene rings is 1. The van der Waals surface area contributed by atoms with Gasteiger partial charge in [0.1, 0.15) is 0 Å². The molecule has 0 N–H and O–H groups in total. The van der Waals surface area contributed by atoms with Crippen LogP contribution in [0.25, 0.3) is 0 Å². The van der Waals surface area contributed by atoms with Crippen LogP contribution in [0.2, 0.25) is 0 Å². The van der Waals surface area contributed by atoms with Crippen molar-refractivity contribution in [1.29, 1.82) is 0 Å². The Kier molecular flexibility index (Phi) is 13.0. The van der Waals surface area contributed by atoms with Crippen molar-refractivity contribution < 1.29 is 78.9 Å². The molecular weight excluding hydrogens is 290 g/mol. The number of hydrogen-bond acceptors (Lipinski definition) is 4. The summed E-state index contributed by atoms with van der Waals surface area (Å²) in [4.78, 5) is 22.8. The van der Waals surface area contributed by atoms with Crippen molar-refractivity contribution in [2.75, 3.05) is 0 Å². The molecule has 21 heavy (non-hydrogen) atoms. The fraction of sp³-hybridized carbons (Fsp3) is 0.467. The number of rotatable bonds is 8. The van der Waals surface area contributed by atoms with Gasteiger partial charge in [0.25, 0.3) is 0 Å². The van der Waals surface area contributed by atoms with Gasteiger partial charge < -0.3 is 19.8 Å². The van der Waals surface area contributed by atoms with E-state index in [1.54, 1.807) is 18.2 Å². The summed E-state index contributed by atoms with van der Waals surface area (Å²) in [5.41, 5.74) is -1.83. The molecule has 0 aliphatic heterocycles. The van der Waals surface area contributed by atoms with Crippen molar-refractivity contribution in [3.8, 4) is 0 Å². The molecule has 0 amide bonds. The summed E-state index contributed by atoms with van der Waals surface area (Å²) in [6.45, 7) is 2.03. The minimum absolute atomic E-state index is 0. The Balaban J connectivity index is 0. The molecule has 1 rings (SSSR count). The number of unbranched alkanes of at least 4 members (excludes halogenated alkanes) is 3. The molecule has 0 saturated heterocycles. The van der Waals surface area contributed by atoms with Crippen LogP contribution in [0.1, 0.15) is 44.6 Å². The van der Waals surface area contributed by atoms with Crippen LogP contribution in [0.3, 0.4) is 0 Å². The maximum Gasteiger partial charge on any atom is 1.00 e. The maximum atomic E-state index is 11.4. The van der Waals surface area contributed by atoms with E-state index in [2.05, 4.69) is 0 Å². The Morgan fingerprint density at radius 3 is 1.90 bits per heavy atom. The van der Waals surface area contributed by atoms with E-state index in [1.165, 1.54) is 12.1 Å². The van der Waals surface area contributed by atoms with Gasteiger partial charge in [-0.2, -0.15) is 0 Å². The zero-order chi connectivity index (χ0) is 14.3. The molecule has 0 radical (unpaired) electrons. The molecule has 0 saturated carbocycles. The molecule has 0 spiro atoms. The number of carbonyl (C=O) groups is 2. The molecule has 6 heteroatoms. The van der Waals surface area contributed by atoms with Gasteiger partial charge in [-0.05, 0) is 12.0 Å². The van der Waals surface area contributed by atoms with Gasteiger partial charge in [0.05, 0.1) is 17.4 Å². The molecule has 1 aromatic carbocycles. The molecule has 0 fully saturated rings. The van der Waals surface area contributed by atoms with Gasteiger partial charge in [0.15, 0.2) is 0 Å². The van der Waals surface area contributed by atoms with Crippen molar-refractivity contribution in [2.45, 2.75) is 44.4 Å². The average Bonchev–Trinajstić information content (AvgIpc) is 2.39. The summed E-state index contributed by atoms with van der Waals surface area (Å²) in [6.07, 6.45) is 3.26. The van der Waals surface area contributed by atoms with Crippen LogP contribution < -0.4 is 69.3 Å². The van der Waals surface area contributed by atoms with Crippen molar-refractivity contribution in [1.82, 2.24) is 0 Å². The van der Waals surface area contributed by atoms with Crippen LogP contribution >= 0.6 is 0 Å². The van der Waals surface area contributed by atoms with Gasteiger partial charge in [-0.25, -0.2) is 0 Å². The van der Waals surface area contributed by atoms with E-state index in [-0.39, 0.29) is 71.1 Å². The van der Waals surface area contributed by atoms with Crippen molar-refractivity contribution in [2.24, 2.45) is 0 Å². The number of carboxylic acids is 2. The minimum atomic E-state index is -2.05. The second kappa shape index (κ2) is 11.7. The van der Waals surface area contributed by atoms with E-state index in [1.807, 2.05) is 6.92 Å². The molecule has 1 aromatic rings. The van der Waals surface area contributed by atoms with Gasteiger partial charge in [0.2, 0.25) is 0 Å². The summed E-state index contributed by atoms with van der Waals surface area (Å²) in [5, 5.41) is 22.8. The van der Waals surface area contributed by atoms with E-state index in [4.69, 9.17) is 0 Å². The third-order valence-corrected chi connectivity index (χ3v) is 3.37.